The summed E-state index contributed by atoms with van der Waals surface area (Å²) < 4.78 is 5.43. The number of hydrogen-bond acceptors (Lipinski definition) is 2. The van der Waals surface area contributed by atoms with Crippen LogP contribution in [0.15, 0.2) is 54.6 Å². The van der Waals surface area contributed by atoms with Crippen LogP contribution in [0.4, 0.5) is 10.5 Å². The van der Waals surface area contributed by atoms with E-state index < -0.39 is 0 Å². The van der Waals surface area contributed by atoms with E-state index >= 15 is 0 Å². The normalized spacial score (nSPS) is 15.9. The predicted octanol–water partition coefficient (Wildman–Crippen LogP) is 5.11. The van der Waals surface area contributed by atoms with Gasteiger partial charge in [0.15, 0.2) is 0 Å². The van der Waals surface area contributed by atoms with Gasteiger partial charge in [-0.2, -0.15) is 0 Å². The molecule has 0 unspecified atom stereocenters. The van der Waals surface area contributed by atoms with Gasteiger partial charge in [-0.15, -0.1) is 0 Å². The lowest BCUT2D eigenvalue weighted by Crippen LogP contribution is -2.43. The summed E-state index contributed by atoms with van der Waals surface area (Å²) in [5.41, 5.74) is 2.15. The second-order valence-electron chi connectivity index (χ2n) is 6.97. The summed E-state index contributed by atoms with van der Waals surface area (Å²) >= 11 is 0. The highest BCUT2D eigenvalue weighted by Gasteiger charge is 2.34. The molecule has 2 N–H and O–H groups in total. The van der Waals surface area contributed by atoms with Gasteiger partial charge in [0.2, 0.25) is 0 Å². The average Bonchev–Trinajstić information content (AvgIpc) is 2.70. The molecule has 0 saturated heterocycles. The number of ether oxygens (including phenoxy) is 1. The Bertz CT molecular complexity index is 692. The van der Waals surface area contributed by atoms with Gasteiger partial charge in [-0.05, 0) is 49.6 Å². The van der Waals surface area contributed by atoms with Gasteiger partial charge in [0.1, 0.15) is 5.75 Å². The van der Waals surface area contributed by atoms with Crippen molar-refractivity contribution < 1.29 is 9.53 Å². The number of carbonyl (C=O) groups is 1. The first kappa shape index (κ1) is 18.3. The summed E-state index contributed by atoms with van der Waals surface area (Å²) in [4.78, 5) is 12.4. The highest BCUT2D eigenvalue weighted by Crippen LogP contribution is 2.38. The zero-order valence-corrected chi connectivity index (χ0v) is 15.5. The van der Waals surface area contributed by atoms with Gasteiger partial charge in [-0.3, -0.25) is 0 Å². The SMILES string of the molecule is CCOc1ccc(NC(=O)NCC2(c3ccccc3)CCCCC2)cc1. The third-order valence-corrected chi connectivity index (χ3v) is 5.21. The van der Waals surface area contributed by atoms with Crippen molar-refractivity contribution in [3.05, 3.63) is 60.2 Å². The number of urea groups is 1. The van der Waals surface area contributed by atoms with Crippen molar-refractivity contribution in [3.63, 3.8) is 0 Å². The Hall–Kier alpha value is -2.49. The van der Waals surface area contributed by atoms with E-state index in [0.29, 0.717) is 13.2 Å². The lowest BCUT2D eigenvalue weighted by molar-refractivity contribution is 0.240. The van der Waals surface area contributed by atoms with E-state index in [2.05, 4.69) is 34.9 Å². The smallest absolute Gasteiger partial charge is 0.319 e. The van der Waals surface area contributed by atoms with E-state index in [1.165, 1.54) is 24.8 Å². The first-order valence-corrected chi connectivity index (χ1v) is 9.55. The van der Waals surface area contributed by atoms with Crippen molar-refractivity contribution in [2.75, 3.05) is 18.5 Å². The van der Waals surface area contributed by atoms with Crippen molar-refractivity contribution in [1.82, 2.24) is 5.32 Å². The topological polar surface area (TPSA) is 50.4 Å². The standard InChI is InChI=1S/C22H28N2O2/c1-2-26-20-13-11-19(12-14-20)24-21(25)23-17-22(15-7-4-8-16-22)18-9-5-3-6-10-18/h3,5-6,9-14H,2,4,7-8,15-17H2,1H3,(H2,23,24,25). The molecule has 0 spiro atoms. The molecule has 1 saturated carbocycles. The predicted molar refractivity (Wildman–Crippen MR) is 106 cm³/mol. The molecule has 4 heteroatoms. The molecule has 0 atom stereocenters. The van der Waals surface area contributed by atoms with Crippen molar-refractivity contribution in [1.29, 1.82) is 0 Å². The average molecular weight is 352 g/mol. The van der Waals surface area contributed by atoms with Crippen LogP contribution in [0.25, 0.3) is 0 Å². The summed E-state index contributed by atoms with van der Waals surface area (Å²) in [6.07, 6.45) is 5.97. The Morgan fingerprint density at radius 2 is 1.69 bits per heavy atom. The van der Waals surface area contributed by atoms with Crippen LogP contribution in [-0.4, -0.2) is 19.2 Å². The van der Waals surface area contributed by atoms with Crippen LogP contribution in [0.1, 0.15) is 44.6 Å². The Balaban J connectivity index is 1.61. The number of carbonyl (C=O) groups excluding carboxylic acids is 1. The molecule has 3 rings (SSSR count). The van der Waals surface area contributed by atoms with Gasteiger partial charge in [-0.1, -0.05) is 49.6 Å². The Morgan fingerprint density at radius 3 is 2.35 bits per heavy atom. The monoisotopic (exact) mass is 352 g/mol. The van der Waals surface area contributed by atoms with E-state index in [-0.39, 0.29) is 11.4 Å². The van der Waals surface area contributed by atoms with E-state index in [9.17, 15) is 4.79 Å². The molecule has 2 aromatic rings. The first-order chi connectivity index (χ1) is 12.7. The van der Waals surface area contributed by atoms with Crippen LogP contribution < -0.4 is 15.4 Å². The molecule has 1 aliphatic carbocycles. The van der Waals surface area contributed by atoms with Crippen molar-refractivity contribution in [3.8, 4) is 5.75 Å². The van der Waals surface area contributed by atoms with Crippen LogP contribution in [0, 0.1) is 0 Å². The molecule has 4 nitrogen and oxygen atoms in total. The third kappa shape index (κ3) is 4.57. The highest BCUT2D eigenvalue weighted by molar-refractivity contribution is 5.89. The number of rotatable bonds is 6. The van der Waals surface area contributed by atoms with Gasteiger partial charge in [0, 0.05) is 17.6 Å². The summed E-state index contributed by atoms with van der Waals surface area (Å²) in [7, 11) is 0. The zero-order valence-electron chi connectivity index (χ0n) is 15.5. The molecule has 0 bridgehead atoms. The quantitative estimate of drug-likeness (QED) is 0.759. The molecule has 1 aliphatic rings. The fourth-order valence-corrected chi connectivity index (χ4v) is 3.81. The second-order valence-corrected chi connectivity index (χ2v) is 6.97. The minimum absolute atomic E-state index is 0.0513. The second kappa shape index (κ2) is 8.75. The van der Waals surface area contributed by atoms with Crippen LogP contribution in [0.5, 0.6) is 5.75 Å². The van der Waals surface area contributed by atoms with Gasteiger partial charge in [0.05, 0.1) is 6.61 Å². The summed E-state index contributed by atoms with van der Waals surface area (Å²) in [6, 6.07) is 17.9. The number of benzene rings is 2. The first-order valence-electron chi connectivity index (χ1n) is 9.55. The van der Waals surface area contributed by atoms with Gasteiger partial charge < -0.3 is 15.4 Å². The maximum absolute atomic E-state index is 12.4. The molecule has 26 heavy (non-hydrogen) atoms. The Morgan fingerprint density at radius 1 is 1.00 bits per heavy atom. The molecule has 2 aromatic carbocycles. The maximum atomic E-state index is 12.4. The molecular weight excluding hydrogens is 324 g/mol. The third-order valence-electron chi connectivity index (χ3n) is 5.21. The molecule has 138 valence electrons. The number of nitrogens with one attached hydrogen (secondary N) is 2. The fraction of sp³-hybridized carbons (Fsp3) is 0.409. The van der Waals surface area contributed by atoms with Crippen molar-refractivity contribution in [2.24, 2.45) is 0 Å². The highest BCUT2D eigenvalue weighted by atomic mass is 16.5. The van der Waals surface area contributed by atoms with E-state index in [1.54, 1.807) is 0 Å². The van der Waals surface area contributed by atoms with Crippen LogP contribution >= 0.6 is 0 Å². The molecular formula is C22H28N2O2. The van der Waals surface area contributed by atoms with Gasteiger partial charge in [-0.25, -0.2) is 4.79 Å². The fourth-order valence-electron chi connectivity index (χ4n) is 3.81. The lowest BCUT2D eigenvalue weighted by atomic mass is 9.69. The minimum Gasteiger partial charge on any atom is -0.494 e. The van der Waals surface area contributed by atoms with Gasteiger partial charge in [0.25, 0.3) is 0 Å². The molecule has 0 aromatic heterocycles. The Labute approximate surface area is 156 Å². The maximum Gasteiger partial charge on any atom is 0.319 e. The molecule has 2 amide bonds. The van der Waals surface area contributed by atoms with Gasteiger partial charge >= 0.3 is 6.03 Å². The van der Waals surface area contributed by atoms with Crippen LogP contribution in [0.2, 0.25) is 0 Å². The van der Waals surface area contributed by atoms with E-state index in [4.69, 9.17) is 4.74 Å². The number of hydrogen-bond donors (Lipinski definition) is 2. The molecule has 0 heterocycles. The van der Waals surface area contributed by atoms with E-state index in [0.717, 1.165) is 24.3 Å². The number of anilines is 1. The summed E-state index contributed by atoms with van der Waals surface area (Å²) in [5.74, 6) is 0.809. The van der Waals surface area contributed by atoms with Crippen LogP contribution in [-0.2, 0) is 5.41 Å². The van der Waals surface area contributed by atoms with Crippen molar-refractivity contribution in [2.45, 2.75) is 44.4 Å². The Kier molecular flexibility index (Phi) is 6.16. The molecule has 0 radical (unpaired) electrons. The van der Waals surface area contributed by atoms with E-state index in [1.807, 2.05) is 37.3 Å². The number of amides is 2. The van der Waals surface area contributed by atoms with Crippen molar-refractivity contribution >= 4 is 11.7 Å². The largest absolute Gasteiger partial charge is 0.494 e. The van der Waals surface area contributed by atoms with Crippen LogP contribution in [0.3, 0.4) is 0 Å². The minimum atomic E-state index is -0.157. The summed E-state index contributed by atoms with van der Waals surface area (Å²) in [6.45, 7) is 3.25. The summed E-state index contributed by atoms with van der Waals surface area (Å²) in [5, 5.41) is 6.01. The molecule has 1 fully saturated rings. The zero-order chi connectivity index (χ0) is 18.2. The molecule has 0 aliphatic heterocycles. The lowest BCUT2D eigenvalue weighted by Gasteiger charge is -2.38.